The topological polar surface area (TPSA) is 86.7 Å². The summed E-state index contributed by atoms with van der Waals surface area (Å²) in [5, 5.41) is 8.93. The Labute approximate surface area is 124 Å². The number of nitrogens with zero attached hydrogens (tertiary/aromatic N) is 1. The maximum Gasteiger partial charge on any atom is 0.323 e. The van der Waals surface area contributed by atoms with Crippen LogP contribution in [0.4, 0.5) is 5.69 Å². The highest BCUT2D eigenvalue weighted by Crippen LogP contribution is 2.24. The van der Waals surface area contributed by atoms with Crippen LogP contribution < -0.4 is 9.62 Å². The molecule has 2 N–H and O–H groups in total. The molecule has 0 aromatic heterocycles. The fourth-order valence-electron chi connectivity index (χ4n) is 1.76. The van der Waals surface area contributed by atoms with Crippen LogP contribution in [0, 0.1) is 12.3 Å². The van der Waals surface area contributed by atoms with E-state index in [1.165, 1.54) is 11.0 Å². The van der Waals surface area contributed by atoms with Gasteiger partial charge >= 0.3 is 5.97 Å². The molecule has 1 aromatic rings. The average molecular weight is 310 g/mol. The van der Waals surface area contributed by atoms with Crippen molar-refractivity contribution in [3.63, 3.8) is 0 Å². The van der Waals surface area contributed by atoms with Gasteiger partial charge in [-0.3, -0.25) is 4.79 Å². The fraction of sp³-hybridized carbons (Fsp3) is 0.357. The third-order valence-electron chi connectivity index (χ3n) is 2.65. The Kier molecular flexibility index (Phi) is 6.21. The Balaban J connectivity index is 3.24. The van der Waals surface area contributed by atoms with Crippen molar-refractivity contribution in [3.8, 4) is 12.3 Å². The maximum atomic E-state index is 12.3. The van der Waals surface area contributed by atoms with Crippen molar-refractivity contribution in [3.05, 3.63) is 24.3 Å². The van der Waals surface area contributed by atoms with Crippen LogP contribution in [0.1, 0.15) is 13.3 Å². The number of terminal acetylenes is 1. The molecule has 0 fully saturated rings. The minimum absolute atomic E-state index is 0.00656. The van der Waals surface area contributed by atoms with E-state index < -0.39 is 16.0 Å². The van der Waals surface area contributed by atoms with E-state index in [2.05, 4.69) is 10.6 Å². The number of hydrogen-bond donors (Lipinski definition) is 2. The van der Waals surface area contributed by atoms with Gasteiger partial charge in [-0.1, -0.05) is 25.0 Å². The molecule has 0 radical (unpaired) electrons. The number of carboxylic acid groups (broad SMARTS) is 1. The summed E-state index contributed by atoms with van der Waals surface area (Å²) in [5.74, 6) is 1.26. The van der Waals surface area contributed by atoms with Gasteiger partial charge in [0, 0.05) is 6.54 Å². The molecule has 0 spiro atoms. The van der Waals surface area contributed by atoms with Gasteiger partial charge in [0.05, 0.1) is 12.2 Å². The van der Waals surface area contributed by atoms with Crippen LogP contribution in [0.25, 0.3) is 0 Å². The van der Waals surface area contributed by atoms with E-state index in [9.17, 15) is 13.2 Å². The molecule has 1 rings (SSSR count). The Morgan fingerprint density at radius 3 is 2.67 bits per heavy atom. The summed E-state index contributed by atoms with van der Waals surface area (Å²) in [5.41, 5.74) is 0.279. The van der Waals surface area contributed by atoms with E-state index in [0.717, 1.165) is 0 Å². The molecule has 0 heterocycles. The summed E-state index contributed by atoms with van der Waals surface area (Å²) in [6, 6.07) is 6.19. The van der Waals surface area contributed by atoms with E-state index in [1.807, 2.05) is 6.92 Å². The second-order valence-corrected chi connectivity index (χ2v) is 6.05. The van der Waals surface area contributed by atoms with Crippen LogP contribution in [0.15, 0.2) is 29.2 Å². The third kappa shape index (κ3) is 4.77. The third-order valence-corrected chi connectivity index (χ3v) is 4.15. The molecule has 0 unspecified atom stereocenters. The zero-order valence-electron chi connectivity index (χ0n) is 11.7. The van der Waals surface area contributed by atoms with Crippen LogP contribution in [-0.4, -0.2) is 39.1 Å². The Morgan fingerprint density at radius 1 is 1.43 bits per heavy atom. The molecule has 0 atom stereocenters. The first-order chi connectivity index (χ1) is 9.92. The highest BCUT2D eigenvalue weighted by molar-refractivity contribution is 7.89. The predicted octanol–water partition coefficient (Wildman–Crippen LogP) is 0.899. The van der Waals surface area contributed by atoms with E-state index in [4.69, 9.17) is 11.5 Å². The summed E-state index contributed by atoms with van der Waals surface area (Å²) in [6.07, 6.45) is 5.89. The summed E-state index contributed by atoms with van der Waals surface area (Å²) in [7, 11) is -3.71. The normalized spacial score (nSPS) is 10.9. The number of nitrogens with one attached hydrogen (secondary N) is 1. The molecule has 0 amide bonds. The number of sulfonamides is 1. The maximum absolute atomic E-state index is 12.3. The second kappa shape index (κ2) is 7.67. The first-order valence-electron chi connectivity index (χ1n) is 6.41. The molecule has 0 saturated heterocycles. The number of carbonyl (C=O) groups is 1. The molecule has 0 aliphatic carbocycles. The molecule has 6 nitrogen and oxygen atoms in total. The number of rotatable bonds is 8. The Morgan fingerprint density at radius 2 is 2.10 bits per heavy atom. The van der Waals surface area contributed by atoms with Crippen LogP contribution in [0.5, 0.6) is 0 Å². The Bertz CT molecular complexity index is 635. The van der Waals surface area contributed by atoms with Gasteiger partial charge in [-0.2, -0.15) is 0 Å². The van der Waals surface area contributed by atoms with Crippen molar-refractivity contribution in [2.45, 2.75) is 18.2 Å². The van der Waals surface area contributed by atoms with Crippen LogP contribution in [0.3, 0.4) is 0 Å². The largest absolute Gasteiger partial charge is 0.480 e. The standard InChI is InChI=1S/C14H18N2O4S/c1-3-9-15-21(19,20)13-8-6-5-7-12(13)16(10-4-2)11-14(17)18/h2,5-8,15H,3,9-11H2,1H3,(H,17,18). The molecule has 0 saturated carbocycles. The summed E-state index contributed by atoms with van der Waals surface area (Å²) in [4.78, 5) is 12.3. The van der Waals surface area contributed by atoms with Gasteiger partial charge in [0.15, 0.2) is 0 Å². The van der Waals surface area contributed by atoms with Gasteiger partial charge in [-0.25, -0.2) is 13.1 Å². The number of anilines is 1. The van der Waals surface area contributed by atoms with Crippen molar-refractivity contribution >= 4 is 21.7 Å². The zero-order chi connectivity index (χ0) is 15.9. The first kappa shape index (κ1) is 17.0. The number of hydrogen-bond acceptors (Lipinski definition) is 4. The van der Waals surface area contributed by atoms with Crippen molar-refractivity contribution in [1.29, 1.82) is 0 Å². The van der Waals surface area contributed by atoms with E-state index in [-0.39, 0.29) is 23.7 Å². The zero-order valence-corrected chi connectivity index (χ0v) is 12.6. The lowest BCUT2D eigenvalue weighted by Gasteiger charge is -2.23. The second-order valence-electron chi connectivity index (χ2n) is 4.32. The average Bonchev–Trinajstić information content (AvgIpc) is 2.44. The molecular formula is C14H18N2O4S. The first-order valence-corrected chi connectivity index (χ1v) is 7.89. The number of benzene rings is 1. The lowest BCUT2D eigenvalue weighted by molar-refractivity contribution is -0.135. The van der Waals surface area contributed by atoms with Crippen LogP contribution >= 0.6 is 0 Å². The summed E-state index contributed by atoms with van der Waals surface area (Å²) < 4.78 is 27.0. The predicted molar refractivity (Wildman–Crippen MR) is 80.6 cm³/mol. The quantitative estimate of drug-likeness (QED) is 0.697. The van der Waals surface area contributed by atoms with Gasteiger partial charge in [-0.05, 0) is 18.6 Å². The van der Waals surface area contributed by atoms with E-state index in [0.29, 0.717) is 13.0 Å². The minimum Gasteiger partial charge on any atom is -0.480 e. The van der Waals surface area contributed by atoms with Crippen LogP contribution in [-0.2, 0) is 14.8 Å². The van der Waals surface area contributed by atoms with Gasteiger partial charge in [0.25, 0.3) is 0 Å². The molecule has 1 aromatic carbocycles. The molecule has 114 valence electrons. The highest BCUT2D eigenvalue weighted by atomic mass is 32.2. The minimum atomic E-state index is -3.71. The van der Waals surface area contributed by atoms with Gasteiger partial charge in [-0.15, -0.1) is 6.42 Å². The fourth-order valence-corrected chi connectivity index (χ4v) is 3.12. The monoisotopic (exact) mass is 310 g/mol. The van der Waals surface area contributed by atoms with Gasteiger partial charge < -0.3 is 10.0 Å². The molecule has 21 heavy (non-hydrogen) atoms. The number of carboxylic acids is 1. The van der Waals surface area contributed by atoms with Gasteiger partial charge in [0.1, 0.15) is 11.4 Å². The van der Waals surface area contributed by atoms with Crippen LogP contribution in [0.2, 0.25) is 0 Å². The number of para-hydroxylation sites is 1. The lowest BCUT2D eigenvalue weighted by atomic mass is 10.3. The van der Waals surface area contributed by atoms with E-state index >= 15 is 0 Å². The smallest absolute Gasteiger partial charge is 0.323 e. The number of aliphatic carboxylic acids is 1. The lowest BCUT2D eigenvalue weighted by Crippen LogP contribution is -2.33. The molecule has 0 bridgehead atoms. The molecule has 0 aliphatic heterocycles. The van der Waals surface area contributed by atoms with Crippen molar-refractivity contribution in [2.24, 2.45) is 0 Å². The Hall–Kier alpha value is -2.04. The summed E-state index contributed by atoms with van der Waals surface area (Å²) in [6.45, 7) is 1.80. The van der Waals surface area contributed by atoms with Gasteiger partial charge in [0.2, 0.25) is 10.0 Å². The molecule has 0 aliphatic rings. The van der Waals surface area contributed by atoms with Crippen molar-refractivity contribution in [1.82, 2.24) is 4.72 Å². The highest BCUT2D eigenvalue weighted by Gasteiger charge is 2.21. The summed E-state index contributed by atoms with van der Waals surface area (Å²) >= 11 is 0. The van der Waals surface area contributed by atoms with Crippen molar-refractivity contribution in [2.75, 3.05) is 24.5 Å². The SMILES string of the molecule is C#CCN(CC(=O)O)c1ccccc1S(=O)(=O)NCCC. The molecular weight excluding hydrogens is 292 g/mol. The van der Waals surface area contributed by atoms with E-state index in [1.54, 1.807) is 18.2 Å². The molecule has 7 heteroatoms. The van der Waals surface area contributed by atoms with Crippen molar-refractivity contribution < 1.29 is 18.3 Å².